The lowest BCUT2D eigenvalue weighted by molar-refractivity contribution is -0.142. The van der Waals surface area contributed by atoms with Crippen LogP contribution in [0.3, 0.4) is 0 Å². The van der Waals surface area contributed by atoms with E-state index < -0.39 is 6.10 Å². The topological polar surface area (TPSA) is 46.5 Å². The van der Waals surface area contributed by atoms with Gasteiger partial charge in [0, 0.05) is 5.92 Å². The van der Waals surface area contributed by atoms with Gasteiger partial charge in [-0.05, 0) is 44.3 Å². The highest BCUT2D eigenvalue weighted by Crippen LogP contribution is 2.35. The molecule has 100 valence electrons. The van der Waals surface area contributed by atoms with E-state index in [9.17, 15) is 9.90 Å². The minimum atomic E-state index is -0.513. The van der Waals surface area contributed by atoms with Gasteiger partial charge in [-0.1, -0.05) is 19.1 Å². The molecule has 4 atom stereocenters. The number of carbonyl (C=O) groups excluding carboxylic acids is 1. The van der Waals surface area contributed by atoms with Crippen molar-refractivity contribution in [3.8, 4) is 0 Å². The van der Waals surface area contributed by atoms with Gasteiger partial charge in [0.1, 0.15) is 6.10 Å². The smallest absolute Gasteiger partial charge is 0.309 e. The van der Waals surface area contributed by atoms with Gasteiger partial charge >= 0.3 is 5.97 Å². The molecule has 1 fully saturated rings. The van der Waals surface area contributed by atoms with Crippen LogP contribution in [0.2, 0.25) is 0 Å². The van der Waals surface area contributed by atoms with Crippen molar-refractivity contribution >= 4 is 5.97 Å². The number of carbonyl (C=O) groups is 1. The van der Waals surface area contributed by atoms with E-state index in [1.54, 1.807) is 0 Å². The Hall–Kier alpha value is -1.09. The molecule has 0 spiro atoms. The molecule has 0 unspecified atom stereocenters. The van der Waals surface area contributed by atoms with Crippen molar-refractivity contribution in [2.24, 2.45) is 11.8 Å². The summed E-state index contributed by atoms with van der Waals surface area (Å²) >= 11 is 0. The Balaban J connectivity index is 2.24. The lowest BCUT2D eigenvalue weighted by atomic mass is 9.83. The van der Waals surface area contributed by atoms with Crippen LogP contribution in [-0.4, -0.2) is 23.3 Å². The number of aliphatic hydroxyl groups excluding tert-OH is 1. The maximum atomic E-state index is 11.7. The molecule has 18 heavy (non-hydrogen) atoms. The molecule has 1 heterocycles. The summed E-state index contributed by atoms with van der Waals surface area (Å²) in [5.41, 5.74) is 2.14. The van der Waals surface area contributed by atoms with E-state index >= 15 is 0 Å². The molecule has 2 rings (SSSR count). The summed E-state index contributed by atoms with van der Waals surface area (Å²) in [6, 6.07) is 0. The Morgan fingerprint density at radius 3 is 2.89 bits per heavy atom. The molecule has 0 aromatic rings. The van der Waals surface area contributed by atoms with Crippen LogP contribution in [0.4, 0.5) is 0 Å². The van der Waals surface area contributed by atoms with Gasteiger partial charge in [-0.3, -0.25) is 4.79 Å². The lowest BCUT2D eigenvalue weighted by Gasteiger charge is -2.23. The maximum Gasteiger partial charge on any atom is 0.309 e. The van der Waals surface area contributed by atoms with E-state index in [1.807, 2.05) is 6.92 Å². The van der Waals surface area contributed by atoms with Gasteiger partial charge in [0.25, 0.3) is 0 Å². The van der Waals surface area contributed by atoms with Crippen LogP contribution in [0, 0.1) is 11.8 Å². The van der Waals surface area contributed by atoms with Crippen molar-refractivity contribution in [2.75, 3.05) is 0 Å². The zero-order valence-corrected chi connectivity index (χ0v) is 11.2. The first kappa shape index (κ1) is 13.3. The second-order valence-electron chi connectivity index (χ2n) is 5.63. The van der Waals surface area contributed by atoms with E-state index in [0.717, 1.165) is 24.8 Å². The molecular weight excluding hydrogens is 228 g/mol. The standard InChI is InChI=1S/C15H22O3/c1-9-5-4-6-10(2)13(16)8-12-11(3)15(17)18-14(12)7-9/h7,11-14,16H,2,4-6,8H2,1,3H3/b9-7+/t11-,12-,13-,14-/m0/s1. The van der Waals surface area contributed by atoms with E-state index in [0.29, 0.717) is 6.42 Å². The summed E-state index contributed by atoms with van der Waals surface area (Å²) in [6.45, 7) is 7.92. The normalized spacial score (nSPS) is 40.7. The molecule has 0 saturated carbocycles. The number of allylic oxidation sites excluding steroid dienone is 1. The zero-order chi connectivity index (χ0) is 13.3. The fourth-order valence-electron chi connectivity index (χ4n) is 2.83. The average molecular weight is 250 g/mol. The predicted octanol–water partition coefficient (Wildman–Crippen LogP) is 2.60. The van der Waals surface area contributed by atoms with Gasteiger partial charge in [-0.2, -0.15) is 0 Å². The van der Waals surface area contributed by atoms with Crippen molar-refractivity contribution in [2.45, 2.75) is 51.7 Å². The minimum Gasteiger partial charge on any atom is -0.458 e. The number of aliphatic hydroxyl groups is 1. The first-order valence-electron chi connectivity index (χ1n) is 6.72. The molecule has 3 nitrogen and oxygen atoms in total. The summed E-state index contributed by atoms with van der Waals surface area (Å²) in [7, 11) is 0. The van der Waals surface area contributed by atoms with Crippen molar-refractivity contribution in [3.63, 3.8) is 0 Å². The number of rotatable bonds is 0. The quantitative estimate of drug-likeness (QED) is 0.531. The third kappa shape index (κ3) is 2.66. The molecule has 0 bridgehead atoms. The number of ether oxygens (including phenoxy) is 1. The number of fused-ring (bicyclic) bond motifs is 1. The van der Waals surface area contributed by atoms with Gasteiger partial charge in [0.2, 0.25) is 0 Å². The first-order valence-corrected chi connectivity index (χ1v) is 6.72. The number of hydrogen-bond acceptors (Lipinski definition) is 3. The molecular formula is C15H22O3. The number of hydrogen-bond donors (Lipinski definition) is 1. The fraction of sp³-hybridized carbons (Fsp3) is 0.667. The monoisotopic (exact) mass is 250 g/mol. The molecule has 2 aliphatic rings. The van der Waals surface area contributed by atoms with E-state index in [4.69, 9.17) is 4.74 Å². The molecule has 0 amide bonds. The van der Waals surface area contributed by atoms with Gasteiger partial charge in [-0.25, -0.2) is 0 Å². The van der Waals surface area contributed by atoms with Crippen LogP contribution in [-0.2, 0) is 9.53 Å². The third-order valence-corrected chi connectivity index (χ3v) is 4.17. The summed E-state index contributed by atoms with van der Waals surface area (Å²) < 4.78 is 5.41. The Morgan fingerprint density at radius 2 is 2.17 bits per heavy atom. The van der Waals surface area contributed by atoms with E-state index in [1.165, 1.54) is 5.57 Å². The molecule has 1 saturated heterocycles. The molecule has 1 N–H and O–H groups in total. The van der Waals surface area contributed by atoms with Crippen LogP contribution in [0.15, 0.2) is 23.8 Å². The van der Waals surface area contributed by atoms with Crippen LogP contribution in [0.5, 0.6) is 0 Å². The average Bonchev–Trinajstić information content (AvgIpc) is 2.56. The second kappa shape index (κ2) is 5.27. The van der Waals surface area contributed by atoms with Crippen molar-refractivity contribution in [3.05, 3.63) is 23.8 Å². The van der Waals surface area contributed by atoms with E-state index in [2.05, 4.69) is 19.6 Å². The highest BCUT2D eigenvalue weighted by molar-refractivity contribution is 5.75. The Morgan fingerprint density at radius 1 is 1.44 bits per heavy atom. The lowest BCUT2D eigenvalue weighted by Crippen LogP contribution is -2.25. The summed E-state index contributed by atoms with van der Waals surface area (Å²) in [5, 5.41) is 10.1. The molecule has 0 radical (unpaired) electrons. The Kier molecular flexibility index (Phi) is 3.91. The van der Waals surface area contributed by atoms with E-state index in [-0.39, 0.29) is 23.9 Å². The zero-order valence-electron chi connectivity index (χ0n) is 11.2. The van der Waals surface area contributed by atoms with Crippen LogP contribution in [0.1, 0.15) is 39.5 Å². The predicted molar refractivity (Wildman–Crippen MR) is 69.9 cm³/mol. The van der Waals surface area contributed by atoms with Gasteiger partial charge in [0.15, 0.2) is 0 Å². The fourth-order valence-corrected chi connectivity index (χ4v) is 2.83. The highest BCUT2D eigenvalue weighted by atomic mass is 16.6. The third-order valence-electron chi connectivity index (χ3n) is 4.17. The first-order chi connectivity index (χ1) is 8.49. The molecule has 0 aromatic heterocycles. The minimum absolute atomic E-state index is 0.0669. The summed E-state index contributed by atoms with van der Waals surface area (Å²) in [5.74, 6) is -0.218. The van der Waals surface area contributed by atoms with Crippen molar-refractivity contribution < 1.29 is 14.6 Å². The molecule has 3 heteroatoms. The molecule has 1 aliphatic heterocycles. The molecule has 1 aliphatic carbocycles. The van der Waals surface area contributed by atoms with Crippen LogP contribution in [0.25, 0.3) is 0 Å². The molecule has 0 aromatic carbocycles. The van der Waals surface area contributed by atoms with Gasteiger partial charge in [-0.15, -0.1) is 0 Å². The van der Waals surface area contributed by atoms with Crippen LogP contribution < -0.4 is 0 Å². The van der Waals surface area contributed by atoms with Crippen LogP contribution >= 0.6 is 0 Å². The summed E-state index contributed by atoms with van der Waals surface area (Å²) in [6.07, 6.45) is 4.77. The summed E-state index contributed by atoms with van der Waals surface area (Å²) in [4.78, 5) is 11.7. The Bertz CT molecular complexity index is 383. The van der Waals surface area contributed by atoms with Gasteiger partial charge in [0.05, 0.1) is 12.0 Å². The second-order valence-corrected chi connectivity index (χ2v) is 5.63. The number of esters is 1. The maximum absolute atomic E-state index is 11.7. The van der Waals surface area contributed by atoms with Crippen molar-refractivity contribution in [1.29, 1.82) is 0 Å². The largest absolute Gasteiger partial charge is 0.458 e. The van der Waals surface area contributed by atoms with Crippen molar-refractivity contribution in [1.82, 2.24) is 0 Å². The van der Waals surface area contributed by atoms with Gasteiger partial charge < -0.3 is 9.84 Å². The SMILES string of the molecule is C=C1CCC/C(C)=C/[C@@H]2OC(=O)[C@@H](C)[C@@H]2C[C@@H]1O. The Labute approximate surface area is 109 Å². The highest BCUT2D eigenvalue weighted by Gasteiger charge is 2.41.